The molecule has 1 aliphatic carbocycles. The lowest BCUT2D eigenvalue weighted by Crippen LogP contribution is -2.47. The molecule has 3 fully saturated rings. The largest absolute Gasteiger partial charge is 0.351 e. The van der Waals surface area contributed by atoms with Crippen molar-refractivity contribution in [2.45, 2.75) is 37.5 Å². The molecule has 7 nitrogen and oxygen atoms in total. The van der Waals surface area contributed by atoms with Crippen molar-refractivity contribution in [1.82, 2.24) is 14.9 Å². The van der Waals surface area contributed by atoms with Gasteiger partial charge in [-0.15, -0.1) is 0 Å². The lowest BCUT2D eigenvalue weighted by atomic mass is 10.0. The third kappa shape index (κ3) is 2.78. The third-order valence-corrected chi connectivity index (χ3v) is 4.44. The van der Waals surface area contributed by atoms with Gasteiger partial charge in [0.1, 0.15) is 0 Å². The minimum atomic E-state index is -0.453. The summed E-state index contributed by atoms with van der Waals surface area (Å²) in [4.78, 5) is 22.8. The number of nitrogens with zero attached hydrogens (tertiary/aromatic N) is 3. The summed E-state index contributed by atoms with van der Waals surface area (Å²) in [6, 6.07) is 0.506. The quantitative estimate of drug-likeness (QED) is 0.899. The molecule has 0 atom stereocenters. The number of rotatable bonds is 3. The van der Waals surface area contributed by atoms with Gasteiger partial charge in [-0.25, -0.2) is 9.97 Å². The van der Waals surface area contributed by atoms with E-state index in [1.54, 1.807) is 12.4 Å². The molecule has 1 aromatic rings. The van der Waals surface area contributed by atoms with Crippen LogP contribution in [0.2, 0.25) is 0 Å². The Morgan fingerprint density at radius 2 is 1.82 bits per heavy atom. The fourth-order valence-electron chi connectivity index (χ4n) is 2.94. The molecule has 3 heterocycles. The Balaban J connectivity index is 1.37. The Hall–Kier alpha value is -1.73. The highest BCUT2D eigenvalue weighted by Gasteiger charge is 2.40. The number of carbonyl (C=O) groups excluding carboxylic acids is 1. The SMILES string of the molecule is O=C(c1cnc(NC2CC2)nc1)N1CCC2(CC1)OCCO2. The van der Waals surface area contributed by atoms with Crippen LogP contribution in [0.1, 0.15) is 36.0 Å². The molecule has 1 saturated carbocycles. The molecule has 3 aliphatic rings. The molecule has 1 spiro atoms. The molecule has 4 rings (SSSR count). The second-order valence-corrected chi connectivity index (χ2v) is 6.11. The fourth-order valence-corrected chi connectivity index (χ4v) is 2.94. The summed E-state index contributed by atoms with van der Waals surface area (Å²) in [5, 5.41) is 3.21. The predicted molar refractivity (Wildman–Crippen MR) is 78.4 cm³/mol. The summed E-state index contributed by atoms with van der Waals surface area (Å²) in [5.74, 6) is 0.126. The number of anilines is 1. The molecule has 0 unspecified atom stereocenters. The Kier molecular flexibility index (Phi) is 3.46. The van der Waals surface area contributed by atoms with Crippen molar-refractivity contribution in [1.29, 1.82) is 0 Å². The molecule has 2 aliphatic heterocycles. The van der Waals surface area contributed by atoms with Crippen molar-refractivity contribution in [3.63, 3.8) is 0 Å². The van der Waals surface area contributed by atoms with Crippen LogP contribution < -0.4 is 5.32 Å². The number of amides is 1. The van der Waals surface area contributed by atoms with E-state index in [-0.39, 0.29) is 5.91 Å². The minimum Gasteiger partial charge on any atom is -0.351 e. The first-order valence-electron chi connectivity index (χ1n) is 7.90. The smallest absolute Gasteiger partial charge is 0.256 e. The van der Waals surface area contributed by atoms with E-state index in [0.29, 0.717) is 43.9 Å². The minimum absolute atomic E-state index is 0.0224. The first-order chi connectivity index (χ1) is 10.7. The van der Waals surface area contributed by atoms with Gasteiger partial charge in [-0.2, -0.15) is 0 Å². The Morgan fingerprint density at radius 1 is 1.18 bits per heavy atom. The van der Waals surface area contributed by atoms with Gasteiger partial charge < -0.3 is 19.7 Å². The van der Waals surface area contributed by atoms with E-state index in [2.05, 4.69) is 15.3 Å². The highest BCUT2D eigenvalue weighted by Crippen LogP contribution is 2.31. The molecule has 7 heteroatoms. The van der Waals surface area contributed by atoms with Crippen molar-refractivity contribution in [2.24, 2.45) is 0 Å². The average Bonchev–Trinajstić information content (AvgIpc) is 3.26. The highest BCUT2D eigenvalue weighted by atomic mass is 16.7. The maximum absolute atomic E-state index is 12.5. The Bertz CT molecular complexity index is 542. The number of likely N-dealkylation sites (tertiary alicyclic amines) is 1. The summed E-state index contributed by atoms with van der Waals surface area (Å²) in [7, 11) is 0. The van der Waals surface area contributed by atoms with Gasteiger partial charge in [-0.05, 0) is 12.8 Å². The molecule has 0 radical (unpaired) electrons. The predicted octanol–water partition coefficient (Wildman–Crippen LogP) is 1.03. The van der Waals surface area contributed by atoms with Gasteiger partial charge in [0, 0.05) is 44.4 Å². The monoisotopic (exact) mass is 304 g/mol. The van der Waals surface area contributed by atoms with Crippen LogP contribution in [0.5, 0.6) is 0 Å². The number of nitrogens with one attached hydrogen (secondary N) is 1. The molecule has 22 heavy (non-hydrogen) atoms. The zero-order chi connectivity index (χ0) is 15.0. The van der Waals surface area contributed by atoms with Crippen molar-refractivity contribution in [3.8, 4) is 0 Å². The van der Waals surface area contributed by atoms with E-state index in [1.807, 2.05) is 4.90 Å². The topological polar surface area (TPSA) is 76.6 Å². The normalized spacial score (nSPS) is 23.7. The van der Waals surface area contributed by atoms with Gasteiger partial charge in [-0.3, -0.25) is 4.79 Å². The van der Waals surface area contributed by atoms with E-state index >= 15 is 0 Å². The van der Waals surface area contributed by atoms with Crippen molar-refractivity contribution < 1.29 is 14.3 Å². The maximum Gasteiger partial charge on any atom is 0.256 e. The summed E-state index contributed by atoms with van der Waals surface area (Å²) >= 11 is 0. The van der Waals surface area contributed by atoms with E-state index < -0.39 is 5.79 Å². The molecule has 0 bridgehead atoms. The average molecular weight is 304 g/mol. The molecule has 1 N–H and O–H groups in total. The number of aromatic nitrogens is 2. The van der Waals surface area contributed by atoms with Crippen LogP contribution in [0.3, 0.4) is 0 Å². The van der Waals surface area contributed by atoms with Crippen LogP contribution in [0.4, 0.5) is 5.95 Å². The van der Waals surface area contributed by atoms with Crippen LogP contribution in [0.25, 0.3) is 0 Å². The van der Waals surface area contributed by atoms with Gasteiger partial charge in [0.15, 0.2) is 5.79 Å². The van der Waals surface area contributed by atoms with E-state index in [1.165, 1.54) is 12.8 Å². The molecule has 118 valence electrons. The first-order valence-corrected chi connectivity index (χ1v) is 7.90. The first kappa shape index (κ1) is 13.9. The van der Waals surface area contributed by atoms with Gasteiger partial charge >= 0.3 is 0 Å². The fraction of sp³-hybridized carbons (Fsp3) is 0.667. The number of ether oxygens (including phenoxy) is 2. The molecule has 1 aromatic heterocycles. The summed E-state index contributed by atoms with van der Waals surface area (Å²) in [5.41, 5.74) is 0.533. The van der Waals surface area contributed by atoms with E-state index in [0.717, 1.165) is 12.8 Å². The lowest BCUT2D eigenvalue weighted by Gasteiger charge is -2.37. The summed E-state index contributed by atoms with van der Waals surface area (Å²) < 4.78 is 11.4. The number of hydrogen-bond acceptors (Lipinski definition) is 6. The zero-order valence-corrected chi connectivity index (χ0v) is 12.5. The van der Waals surface area contributed by atoms with Crippen LogP contribution in [0, 0.1) is 0 Å². The van der Waals surface area contributed by atoms with Gasteiger partial charge in [0.05, 0.1) is 18.8 Å². The Labute approximate surface area is 129 Å². The summed E-state index contributed by atoms with van der Waals surface area (Å²) in [6.07, 6.45) is 7.00. The van der Waals surface area contributed by atoms with Crippen LogP contribution >= 0.6 is 0 Å². The van der Waals surface area contributed by atoms with Crippen LogP contribution in [-0.2, 0) is 9.47 Å². The molecule has 2 saturated heterocycles. The number of carbonyl (C=O) groups is 1. The molecular weight excluding hydrogens is 284 g/mol. The number of piperidine rings is 1. The Morgan fingerprint density at radius 3 is 2.41 bits per heavy atom. The molecular formula is C15H20N4O3. The van der Waals surface area contributed by atoms with Gasteiger partial charge in [0.2, 0.25) is 5.95 Å². The van der Waals surface area contributed by atoms with Crippen molar-refractivity contribution >= 4 is 11.9 Å². The lowest BCUT2D eigenvalue weighted by molar-refractivity contribution is -0.181. The maximum atomic E-state index is 12.5. The second-order valence-electron chi connectivity index (χ2n) is 6.11. The van der Waals surface area contributed by atoms with E-state index in [4.69, 9.17) is 9.47 Å². The van der Waals surface area contributed by atoms with Crippen molar-refractivity contribution in [2.75, 3.05) is 31.6 Å². The van der Waals surface area contributed by atoms with E-state index in [9.17, 15) is 4.79 Å². The van der Waals surface area contributed by atoms with Gasteiger partial charge in [0.25, 0.3) is 5.91 Å². The van der Waals surface area contributed by atoms with Crippen molar-refractivity contribution in [3.05, 3.63) is 18.0 Å². The van der Waals surface area contributed by atoms with Crippen LogP contribution in [-0.4, -0.2) is 58.9 Å². The molecule has 0 aromatic carbocycles. The highest BCUT2D eigenvalue weighted by molar-refractivity contribution is 5.93. The van der Waals surface area contributed by atoms with Crippen LogP contribution in [0.15, 0.2) is 12.4 Å². The molecule has 1 amide bonds. The summed E-state index contributed by atoms with van der Waals surface area (Å²) in [6.45, 7) is 2.58. The second kappa shape index (κ2) is 5.48. The number of hydrogen-bond donors (Lipinski definition) is 1. The standard InChI is InChI=1S/C15H20N4O3/c20-13(11-9-16-14(17-10-11)18-12-1-2-12)19-5-3-15(4-6-19)21-7-8-22-15/h9-10,12H,1-8H2,(H,16,17,18). The third-order valence-electron chi connectivity index (χ3n) is 4.44. The van der Waals surface area contributed by atoms with Gasteiger partial charge in [-0.1, -0.05) is 0 Å². The zero-order valence-electron chi connectivity index (χ0n) is 12.5.